The Balaban J connectivity index is 1.87. The van der Waals surface area contributed by atoms with Gasteiger partial charge in [0, 0.05) is 48.9 Å². The summed E-state index contributed by atoms with van der Waals surface area (Å²) >= 11 is 0. The first-order chi connectivity index (χ1) is 15.8. The van der Waals surface area contributed by atoms with E-state index >= 15 is 0 Å². The van der Waals surface area contributed by atoms with E-state index in [0.29, 0.717) is 0 Å². The minimum absolute atomic E-state index is 1.20. The molecule has 0 amide bonds. The molecular formula is C30H27N3. The highest BCUT2D eigenvalue weighted by Gasteiger charge is 2.21. The summed E-state index contributed by atoms with van der Waals surface area (Å²) in [7, 11) is 0. The highest BCUT2D eigenvalue weighted by Crippen LogP contribution is 2.45. The lowest BCUT2D eigenvalue weighted by Gasteiger charge is -2.03. The summed E-state index contributed by atoms with van der Waals surface area (Å²) in [5.74, 6) is 0. The number of aromatic amines is 3. The molecule has 0 unspecified atom stereocenters. The van der Waals surface area contributed by atoms with Crippen molar-refractivity contribution in [3.05, 3.63) is 69.8 Å². The highest BCUT2D eigenvalue weighted by molar-refractivity contribution is 6.38. The number of nitrogens with one attached hydrogen (secondary N) is 3. The van der Waals surface area contributed by atoms with Crippen molar-refractivity contribution in [1.82, 2.24) is 15.0 Å². The zero-order chi connectivity index (χ0) is 22.8. The predicted molar refractivity (Wildman–Crippen MR) is 143 cm³/mol. The van der Waals surface area contributed by atoms with Gasteiger partial charge in [0.1, 0.15) is 0 Å². The number of aryl methyl sites for hydroxylation is 6. The Morgan fingerprint density at radius 1 is 0.364 bits per heavy atom. The lowest BCUT2D eigenvalue weighted by Crippen LogP contribution is -1.80. The van der Waals surface area contributed by atoms with E-state index in [2.05, 4.69) is 92.9 Å². The largest absolute Gasteiger partial charge is 0.354 e. The molecule has 0 aliphatic heterocycles. The average Bonchev–Trinajstić information content (AvgIpc) is 3.41. The van der Waals surface area contributed by atoms with Crippen LogP contribution in [0.25, 0.3) is 65.4 Å². The molecule has 7 rings (SSSR count). The van der Waals surface area contributed by atoms with Gasteiger partial charge >= 0.3 is 0 Å². The van der Waals surface area contributed by atoms with E-state index in [9.17, 15) is 0 Å². The number of rotatable bonds is 0. The molecule has 3 heterocycles. The van der Waals surface area contributed by atoms with Gasteiger partial charge in [0.25, 0.3) is 0 Å². The minimum Gasteiger partial charge on any atom is -0.354 e. The Morgan fingerprint density at radius 2 is 0.606 bits per heavy atom. The van der Waals surface area contributed by atoms with Gasteiger partial charge < -0.3 is 15.0 Å². The summed E-state index contributed by atoms with van der Waals surface area (Å²) in [6.45, 7) is 13.2. The average molecular weight is 430 g/mol. The summed E-state index contributed by atoms with van der Waals surface area (Å²) in [4.78, 5) is 11.5. The van der Waals surface area contributed by atoms with Crippen molar-refractivity contribution in [1.29, 1.82) is 0 Å². The van der Waals surface area contributed by atoms with Crippen LogP contribution in [-0.4, -0.2) is 15.0 Å². The van der Waals surface area contributed by atoms with Crippen molar-refractivity contribution >= 4 is 65.4 Å². The fourth-order valence-corrected chi connectivity index (χ4v) is 5.72. The molecule has 3 N–H and O–H groups in total. The van der Waals surface area contributed by atoms with Crippen LogP contribution in [0.4, 0.5) is 0 Å². The molecule has 33 heavy (non-hydrogen) atoms. The first kappa shape index (κ1) is 18.8. The third-order valence-electron chi connectivity index (χ3n) is 7.99. The van der Waals surface area contributed by atoms with Gasteiger partial charge in [0.05, 0.1) is 16.6 Å². The normalized spacial score (nSPS) is 12.5. The molecule has 0 saturated carbocycles. The van der Waals surface area contributed by atoms with Crippen LogP contribution < -0.4 is 0 Å². The van der Waals surface area contributed by atoms with Crippen molar-refractivity contribution in [2.24, 2.45) is 0 Å². The molecule has 0 fully saturated rings. The van der Waals surface area contributed by atoms with Crippen molar-refractivity contribution in [2.75, 3.05) is 0 Å². The smallest absolute Gasteiger partial charge is 0.0588 e. The Bertz CT molecular complexity index is 1710. The second-order valence-electron chi connectivity index (χ2n) is 10.1. The topological polar surface area (TPSA) is 47.4 Å². The summed E-state index contributed by atoms with van der Waals surface area (Å²) in [6, 6.07) is 13.9. The van der Waals surface area contributed by atoms with Gasteiger partial charge in [-0.25, -0.2) is 0 Å². The molecule has 0 saturated heterocycles. The molecule has 0 bridgehead atoms. The SMILES string of the molecule is Cc1cc2[nH]c3c(c2cc1C)c1[nH]c2cc(C)c(C)cc2c1c1[nH]c2cc(C)c(C)cc2c31. The highest BCUT2D eigenvalue weighted by atomic mass is 14.8. The molecular weight excluding hydrogens is 402 g/mol. The third kappa shape index (κ3) is 2.29. The summed E-state index contributed by atoms with van der Waals surface area (Å²) in [5, 5.41) is 7.75. The maximum absolute atomic E-state index is 3.82. The van der Waals surface area contributed by atoms with Crippen LogP contribution >= 0.6 is 0 Å². The van der Waals surface area contributed by atoms with Crippen molar-refractivity contribution in [3.8, 4) is 0 Å². The van der Waals surface area contributed by atoms with E-state index in [1.54, 1.807) is 0 Å². The standard InChI is InChI=1S/C30H27N3/c1-13-7-19-22(10-16(13)4)31-28-25(19)29-27(20-8-14(2)17(5)11-23(20)32-29)30-26(28)21-9-15(3)18(6)12-24(21)33-30/h7-12,31-33H,1-6H3. The van der Waals surface area contributed by atoms with Gasteiger partial charge in [0.2, 0.25) is 0 Å². The van der Waals surface area contributed by atoms with Crippen LogP contribution in [0, 0.1) is 41.5 Å². The van der Waals surface area contributed by atoms with E-state index in [-0.39, 0.29) is 0 Å². The molecule has 0 radical (unpaired) electrons. The summed E-state index contributed by atoms with van der Waals surface area (Å²) < 4.78 is 0. The number of aromatic nitrogens is 3. The Hall–Kier alpha value is -3.72. The predicted octanol–water partition coefficient (Wildman–Crippen LogP) is 8.44. The van der Waals surface area contributed by atoms with Crippen LogP contribution in [-0.2, 0) is 0 Å². The monoisotopic (exact) mass is 429 g/mol. The first-order valence-electron chi connectivity index (χ1n) is 11.7. The van der Waals surface area contributed by atoms with E-state index < -0.39 is 0 Å². The number of benzene rings is 4. The van der Waals surface area contributed by atoms with Gasteiger partial charge in [-0.2, -0.15) is 0 Å². The van der Waals surface area contributed by atoms with Gasteiger partial charge in [-0.15, -0.1) is 0 Å². The molecule has 3 aromatic heterocycles. The van der Waals surface area contributed by atoms with E-state index in [1.807, 2.05) is 0 Å². The van der Waals surface area contributed by atoms with Crippen molar-refractivity contribution < 1.29 is 0 Å². The van der Waals surface area contributed by atoms with E-state index in [1.165, 1.54) is 98.8 Å². The Kier molecular flexibility index (Phi) is 3.41. The molecule has 3 heteroatoms. The number of hydrogen-bond acceptors (Lipinski definition) is 0. The van der Waals surface area contributed by atoms with E-state index in [4.69, 9.17) is 0 Å². The molecule has 3 nitrogen and oxygen atoms in total. The van der Waals surface area contributed by atoms with Gasteiger partial charge in [-0.1, -0.05) is 0 Å². The molecule has 4 aromatic carbocycles. The fraction of sp³-hybridized carbons (Fsp3) is 0.200. The zero-order valence-electron chi connectivity index (χ0n) is 20.0. The van der Waals surface area contributed by atoms with Crippen LogP contribution in [0.2, 0.25) is 0 Å². The molecule has 7 aromatic rings. The number of hydrogen-bond donors (Lipinski definition) is 3. The van der Waals surface area contributed by atoms with Crippen LogP contribution in [0.3, 0.4) is 0 Å². The van der Waals surface area contributed by atoms with Gasteiger partial charge in [-0.3, -0.25) is 0 Å². The van der Waals surface area contributed by atoms with Crippen molar-refractivity contribution in [2.45, 2.75) is 41.5 Å². The minimum atomic E-state index is 1.20. The third-order valence-corrected chi connectivity index (χ3v) is 7.99. The van der Waals surface area contributed by atoms with Gasteiger partial charge in [0.15, 0.2) is 0 Å². The Labute approximate surface area is 191 Å². The zero-order valence-corrected chi connectivity index (χ0v) is 20.0. The van der Waals surface area contributed by atoms with Crippen molar-refractivity contribution in [3.63, 3.8) is 0 Å². The maximum atomic E-state index is 3.82. The molecule has 0 aliphatic carbocycles. The lowest BCUT2D eigenvalue weighted by molar-refractivity contribution is 1.36. The van der Waals surface area contributed by atoms with Gasteiger partial charge in [-0.05, 0) is 111 Å². The fourth-order valence-electron chi connectivity index (χ4n) is 5.72. The molecule has 0 aliphatic rings. The first-order valence-corrected chi connectivity index (χ1v) is 11.7. The van der Waals surface area contributed by atoms with Crippen LogP contribution in [0.15, 0.2) is 36.4 Å². The quantitative estimate of drug-likeness (QED) is 0.217. The van der Waals surface area contributed by atoms with Crippen LogP contribution in [0.1, 0.15) is 33.4 Å². The summed E-state index contributed by atoms with van der Waals surface area (Å²) in [6.07, 6.45) is 0. The second kappa shape index (κ2) is 5.99. The maximum Gasteiger partial charge on any atom is 0.0588 e. The molecule has 0 atom stereocenters. The second-order valence-corrected chi connectivity index (χ2v) is 10.1. The molecule has 0 spiro atoms. The number of fused-ring (bicyclic) bond motifs is 12. The number of H-pyrrole nitrogens is 3. The molecule has 162 valence electrons. The van der Waals surface area contributed by atoms with E-state index in [0.717, 1.165) is 0 Å². The Morgan fingerprint density at radius 3 is 0.879 bits per heavy atom. The lowest BCUT2D eigenvalue weighted by atomic mass is 9.99. The van der Waals surface area contributed by atoms with Crippen LogP contribution in [0.5, 0.6) is 0 Å². The summed E-state index contributed by atoms with van der Waals surface area (Å²) in [5.41, 5.74) is 15.2.